The van der Waals surface area contributed by atoms with Crippen molar-refractivity contribution in [3.63, 3.8) is 0 Å². The molecule has 0 aliphatic heterocycles. The van der Waals surface area contributed by atoms with Gasteiger partial charge in [-0.3, -0.25) is 4.79 Å². The fourth-order valence-electron chi connectivity index (χ4n) is 2.09. The van der Waals surface area contributed by atoms with Crippen molar-refractivity contribution in [1.29, 1.82) is 0 Å². The number of carbonyl (C=O) groups excluding carboxylic acids is 1. The van der Waals surface area contributed by atoms with E-state index in [2.05, 4.69) is 0 Å². The molecule has 104 valence electrons. The van der Waals surface area contributed by atoms with Gasteiger partial charge in [-0.2, -0.15) is 13.2 Å². The van der Waals surface area contributed by atoms with Crippen molar-refractivity contribution in [3.05, 3.63) is 59.2 Å². The summed E-state index contributed by atoms with van der Waals surface area (Å²) in [6.07, 6.45) is -4.54. The molecule has 2 aromatic carbocycles. The molecular weight excluding hydrogens is 265 g/mol. The van der Waals surface area contributed by atoms with Crippen LogP contribution in [-0.2, 0) is 6.18 Å². The minimum atomic E-state index is -4.54. The Balaban J connectivity index is 2.61. The summed E-state index contributed by atoms with van der Waals surface area (Å²) in [6, 6.07) is 11.0. The fraction of sp³-hybridized carbons (Fsp3) is 0.188. The predicted molar refractivity (Wildman–Crippen MR) is 71.6 cm³/mol. The number of halogens is 3. The summed E-state index contributed by atoms with van der Waals surface area (Å²) in [5.41, 5.74) is 0.932. The molecule has 0 aromatic heterocycles. The van der Waals surface area contributed by atoms with Gasteiger partial charge in [-0.25, -0.2) is 0 Å². The first-order chi connectivity index (χ1) is 9.29. The molecule has 4 heteroatoms. The molecule has 2 rings (SSSR count). The first kappa shape index (κ1) is 14.3. The Morgan fingerprint density at radius 2 is 1.65 bits per heavy atom. The number of hydrogen-bond donors (Lipinski definition) is 0. The maximum Gasteiger partial charge on any atom is 0.417 e. The van der Waals surface area contributed by atoms with Crippen molar-refractivity contribution < 1.29 is 18.0 Å². The van der Waals surface area contributed by atoms with Gasteiger partial charge in [0.25, 0.3) is 0 Å². The van der Waals surface area contributed by atoms with Gasteiger partial charge in [-0.05, 0) is 31.0 Å². The van der Waals surface area contributed by atoms with Gasteiger partial charge in [-0.1, -0.05) is 42.0 Å². The topological polar surface area (TPSA) is 17.1 Å². The normalized spacial score (nSPS) is 11.4. The molecule has 0 saturated carbocycles. The molecule has 0 N–H and O–H groups in total. The molecule has 0 fully saturated rings. The Kier molecular flexibility index (Phi) is 3.66. The van der Waals surface area contributed by atoms with Gasteiger partial charge in [0.15, 0.2) is 5.78 Å². The Bertz CT molecular complexity index is 657. The third-order valence-electron chi connectivity index (χ3n) is 3.06. The van der Waals surface area contributed by atoms with Gasteiger partial charge in [0, 0.05) is 5.56 Å². The van der Waals surface area contributed by atoms with E-state index in [0.717, 1.165) is 18.6 Å². The fourth-order valence-corrected chi connectivity index (χ4v) is 2.09. The minimum Gasteiger partial charge on any atom is -0.294 e. The highest BCUT2D eigenvalue weighted by atomic mass is 19.4. The monoisotopic (exact) mass is 278 g/mol. The van der Waals surface area contributed by atoms with Crippen molar-refractivity contribution in [2.45, 2.75) is 20.0 Å². The Hall–Kier alpha value is -2.10. The van der Waals surface area contributed by atoms with E-state index in [9.17, 15) is 18.0 Å². The number of alkyl halides is 3. The molecule has 0 radical (unpaired) electrons. The molecule has 20 heavy (non-hydrogen) atoms. The van der Waals surface area contributed by atoms with Crippen LogP contribution in [0.4, 0.5) is 13.2 Å². The SMILES string of the molecule is CC(=O)c1ccc(-c2cccc(C)c2)cc1C(F)(F)F. The average molecular weight is 278 g/mol. The standard InChI is InChI=1S/C16H13F3O/c1-10-4-3-5-12(8-10)13-6-7-14(11(2)20)15(9-13)16(17,18)19/h3-9H,1-2H3. The molecule has 2 aromatic rings. The van der Waals surface area contributed by atoms with E-state index in [1.807, 2.05) is 19.1 Å². The summed E-state index contributed by atoms with van der Waals surface area (Å²) in [7, 11) is 0. The zero-order valence-corrected chi connectivity index (χ0v) is 11.1. The van der Waals surface area contributed by atoms with Crippen LogP contribution in [0.3, 0.4) is 0 Å². The molecule has 0 bridgehead atoms. The van der Waals surface area contributed by atoms with Crippen LogP contribution in [0.1, 0.15) is 28.4 Å². The highest BCUT2D eigenvalue weighted by molar-refractivity contribution is 5.96. The molecule has 0 unspecified atom stereocenters. The number of carbonyl (C=O) groups is 1. The number of rotatable bonds is 2. The van der Waals surface area contributed by atoms with Crippen LogP contribution in [0.2, 0.25) is 0 Å². The van der Waals surface area contributed by atoms with E-state index in [4.69, 9.17) is 0 Å². The quantitative estimate of drug-likeness (QED) is 0.715. The van der Waals surface area contributed by atoms with E-state index in [-0.39, 0.29) is 5.56 Å². The lowest BCUT2D eigenvalue weighted by Gasteiger charge is -2.13. The zero-order valence-electron chi connectivity index (χ0n) is 11.1. The summed E-state index contributed by atoms with van der Waals surface area (Å²) in [5, 5.41) is 0. The Morgan fingerprint density at radius 1 is 1.00 bits per heavy atom. The van der Waals surface area contributed by atoms with Gasteiger partial charge in [0.1, 0.15) is 0 Å². The van der Waals surface area contributed by atoms with Gasteiger partial charge >= 0.3 is 6.18 Å². The van der Waals surface area contributed by atoms with Crippen molar-refractivity contribution >= 4 is 5.78 Å². The minimum absolute atomic E-state index is 0.297. The predicted octanol–water partition coefficient (Wildman–Crippen LogP) is 4.88. The third-order valence-corrected chi connectivity index (χ3v) is 3.06. The molecule has 0 spiro atoms. The second-order valence-corrected chi connectivity index (χ2v) is 4.68. The summed E-state index contributed by atoms with van der Waals surface area (Å²) in [5.74, 6) is -0.590. The average Bonchev–Trinajstić information content (AvgIpc) is 2.37. The van der Waals surface area contributed by atoms with E-state index >= 15 is 0 Å². The van der Waals surface area contributed by atoms with Gasteiger partial charge in [0.2, 0.25) is 0 Å². The molecule has 0 aliphatic rings. The van der Waals surface area contributed by atoms with Crippen LogP contribution >= 0.6 is 0 Å². The van der Waals surface area contributed by atoms with E-state index in [1.165, 1.54) is 6.07 Å². The van der Waals surface area contributed by atoms with Crippen LogP contribution in [0, 0.1) is 6.92 Å². The molecule has 1 nitrogen and oxygen atoms in total. The third kappa shape index (κ3) is 2.90. The maximum absolute atomic E-state index is 13.0. The second kappa shape index (κ2) is 5.12. The lowest BCUT2D eigenvalue weighted by atomic mass is 9.96. The van der Waals surface area contributed by atoms with Gasteiger partial charge in [0.05, 0.1) is 5.56 Å². The Morgan fingerprint density at radius 3 is 2.20 bits per heavy atom. The van der Waals surface area contributed by atoms with Gasteiger partial charge in [-0.15, -0.1) is 0 Å². The summed E-state index contributed by atoms with van der Waals surface area (Å²) in [6.45, 7) is 3.01. The molecule has 0 amide bonds. The van der Waals surface area contributed by atoms with E-state index in [1.54, 1.807) is 18.2 Å². The number of Topliss-reactive ketones (excluding diaryl/α,β-unsaturated/α-hetero) is 1. The summed E-state index contributed by atoms with van der Waals surface area (Å²) < 4.78 is 39.1. The molecule has 0 saturated heterocycles. The van der Waals surface area contributed by atoms with E-state index < -0.39 is 17.5 Å². The number of benzene rings is 2. The van der Waals surface area contributed by atoms with Crippen LogP contribution in [0.15, 0.2) is 42.5 Å². The first-order valence-electron chi connectivity index (χ1n) is 6.08. The van der Waals surface area contributed by atoms with Crippen molar-refractivity contribution in [2.24, 2.45) is 0 Å². The zero-order chi connectivity index (χ0) is 14.9. The largest absolute Gasteiger partial charge is 0.417 e. The lowest BCUT2D eigenvalue weighted by Crippen LogP contribution is -2.11. The number of aryl methyl sites for hydroxylation is 1. The first-order valence-corrected chi connectivity index (χ1v) is 6.08. The Labute approximate surface area is 115 Å². The highest BCUT2D eigenvalue weighted by Crippen LogP contribution is 2.35. The second-order valence-electron chi connectivity index (χ2n) is 4.68. The van der Waals surface area contributed by atoms with Crippen molar-refractivity contribution in [1.82, 2.24) is 0 Å². The lowest BCUT2D eigenvalue weighted by molar-refractivity contribution is -0.137. The summed E-state index contributed by atoms with van der Waals surface area (Å²) >= 11 is 0. The number of ketones is 1. The van der Waals surface area contributed by atoms with Crippen LogP contribution < -0.4 is 0 Å². The van der Waals surface area contributed by atoms with Gasteiger partial charge < -0.3 is 0 Å². The van der Waals surface area contributed by atoms with Crippen LogP contribution in [-0.4, -0.2) is 5.78 Å². The molecule has 0 atom stereocenters. The van der Waals surface area contributed by atoms with Crippen LogP contribution in [0.5, 0.6) is 0 Å². The summed E-state index contributed by atoms with van der Waals surface area (Å²) in [4.78, 5) is 11.3. The van der Waals surface area contributed by atoms with Crippen molar-refractivity contribution in [2.75, 3.05) is 0 Å². The molecular formula is C16H13F3O. The maximum atomic E-state index is 13.0. The highest BCUT2D eigenvalue weighted by Gasteiger charge is 2.34. The van der Waals surface area contributed by atoms with Crippen LogP contribution in [0.25, 0.3) is 11.1 Å². The van der Waals surface area contributed by atoms with Crippen molar-refractivity contribution in [3.8, 4) is 11.1 Å². The molecule has 0 heterocycles. The number of hydrogen-bond acceptors (Lipinski definition) is 1. The smallest absolute Gasteiger partial charge is 0.294 e. The van der Waals surface area contributed by atoms with E-state index in [0.29, 0.717) is 11.1 Å². The molecule has 0 aliphatic carbocycles.